The Morgan fingerprint density at radius 2 is 1.93 bits per heavy atom. The largest absolute Gasteiger partial charge is 0.497 e. The summed E-state index contributed by atoms with van der Waals surface area (Å²) in [6, 6.07) is 15.6. The highest BCUT2D eigenvalue weighted by Gasteiger charge is 2.19. The van der Waals surface area contributed by atoms with Crippen LogP contribution in [0.1, 0.15) is 25.8 Å². The predicted molar refractivity (Wildman–Crippen MR) is 110 cm³/mol. The summed E-state index contributed by atoms with van der Waals surface area (Å²) in [6.07, 6.45) is 0.446. The molecule has 3 aromatic rings. The van der Waals surface area contributed by atoms with Crippen LogP contribution in [0.2, 0.25) is 0 Å². The zero-order valence-corrected chi connectivity index (χ0v) is 16.3. The van der Waals surface area contributed by atoms with E-state index >= 15 is 0 Å². The maximum atomic E-state index is 11.6. The van der Waals surface area contributed by atoms with Gasteiger partial charge in [0, 0.05) is 23.7 Å². The van der Waals surface area contributed by atoms with Crippen molar-refractivity contribution in [2.45, 2.75) is 26.8 Å². The molecule has 2 aromatic carbocycles. The van der Waals surface area contributed by atoms with E-state index in [1.165, 1.54) is 0 Å². The van der Waals surface area contributed by atoms with E-state index in [-0.39, 0.29) is 0 Å². The minimum Gasteiger partial charge on any atom is -0.497 e. The molecular weight excluding hydrogens is 354 g/mol. The van der Waals surface area contributed by atoms with E-state index in [0.29, 0.717) is 17.9 Å². The molecule has 28 heavy (non-hydrogen) atoms. The lowest BCUT2D eigenvalue weighted by molar-refractivity contribution is 0.168. The molecule has 144 valence electrons. The molecule has 1 aromatic heterocycles. The van der Waals surface area contributed by atoms with Crippen LogP contribution in [0.5, 0.6) is 5.75 Å². The Bertz CT molecular complexity index is 1030. The highest BCUT2D eigenvalue weighted by Crippen LogP contribution is 2.36. The second-order valence-corrected chi connectivity index (χ2v) is 6.29. The zero-order chi connectivity index (χ0) is 20.1. The number of anilines is 1. The summed E-state index contributed by atoms with van der Waals surface area (Å²) >= 11 is 0. The number of nitriles is 1. The van der Waals surface area contributed by atoms with Crippen LogP contribution in [0.15, 0.2) is 42.5 Å². The van der Waals surface area contributed by atoms with Gasteiger partial charge in [-0.1, -0.05) is 19.1 Å². The van der Waals surface area contributed by atoms with E-state index in [0.717, 1.165) is 40.9 Å². The molecule has 0 saturated carbocycles. The maximum absolute atomic E-state index is 11.6. The third-order valence-electron chi connectivity index (χ3n) is 4.51. The van der Waals surface area contributed by atoms with Gasteiger partial charge in [0.1, 0.15) is 11.8 Å². The highest BCUT2D eigenvalue weighted by atomic mass is 16.5. The van der Waals surface area contributed by atoms with Crippen LogP contribution < -0.4 is 10.1 Å². The van der Waals surface area contributed by atoms with Crippen LogP contribution in [0, 0.1) is 11.3 Å². The fourth-order valence-corrected chi connectivity index (χ4v) is 3.32. The molecule has 6 nitrogen and oxygen atoms in total. The molecule has 0 aliphatic rings. The number of aryl methyl sites for hydroxylation is 1. The fraction of sp³-hybridized carbons (Fsp3) is 0.273. The SMILES string of the molecule is CCCn1c(-c2ccc(NC(=O)OCC)cc2)c(C#N)c2ccc(OC)cc21. The Morgan fingerprint density at radius 3 is 2.54 bits per heavy atom. The average molecular weight is 377 g/mol. The summed E-state index contributed by atoms with van der Waals surface area (Å²) in [5.41, 5.74) is 4.03. The molecule has 1 heterocycles. The molecule has 1 N–H and O–H groups in total. The van der Waals surface area contributed by atoms with Crippen molar-refractivity contribution in [2.24, 2.45) is 0 Å². The van der Waals surface area contributed by atoms with E-state index in [2.05, 4.69) is 22.9 Å². The van der Waals surface area contributed by atoms with Gasteiger partial charge in [-0.3, -0.25) is 5.32 Å². The van der Waals surface area contributed by atoms with Crippen LogP contribution in [0.3, 0.4) is 0 Å². The van der Waals surface area contributed by atoms with Crippen LogP contribution in [-0.4, -0.2) is 24.4 Å². The van der Waals surface area contributed by atoms with E-state index < -0.39 is 6.09 Å². The number of benzene rings is 2. The van der Waals surface area contributed by atoms with Crippen LogP contribution >= 0.6 is 0 Å². The maximum Gasteiger partial charge on any atom is 0.411 e. The first kappa shape index (κ1) is 19.3. The molecule has 3 rings (SSSR count). The number of ether oxygens (including phenoxy) is 2. The predicted octanol–water partition coefficient (Wildman–Crippen LogP) is 5.17. The number of hydrogen-bond acceptors (Lipinski definition) is 4. The van der Waals surface area contributed by atoms with Crippen LogP contribution in [-0.2, 0) is 11.3 Å². The third-order valence-corrected chi connectivity index (χ3v) is 4.51. The number of fused-ring (bicyclic) bond motifs is 1. The van der Waals surface area contributed by atoms with Gasteiger partial charge in [-0.2, -0.15) is 5.26 Å². The molecule has 0 fully saturated rings. The van der Waals surface area contributed by atoms with E-state index in [1.54, 1.807) is 14.0 Å². The molecule has 0 aliphatic carbocycles. The van der Waals surface area contributed by atoms with Gasteiger partial charge in [-0.05, 0) is 43.2 Å². The number of nitrogens with zero attached hydrogens (tertiary/aromatic N) is 2. The second-order valence-electron chi connectivity index (χ2n) is 6.29. The lowest BCUT2D eigenvalue weighted by Crippen LogP contribution is -2.13. The van der Waals surface area contributed by atoms with Crippen molar-refractivity contribution in [1.82, 2.24) is 4.57 Å². The van der Waals surface area contributed by atoms with Gasteiger partial charge >= 0.3 is 6.09 Å². The van der Waals surface area contributed by atoms with Gasteiger partial charge < -0.3 is 14.0 Å². The molecule has 0 aliphatic heterocycles. The zero-order valence-electron chi connectivity index (χ0n) is 16.3. The highest BCUT2D eigenvalue weighted by molar-refractivity contribution is 5.95. The van der Waals surface area contributed by atoms with Crippen molar-refractivity contribution in [3.05, 3.63) is 48.0 Å². The Hall–Kier alpha value is -3.46. The number of rotatable bonds is 6. The van der Waals surface area contributed by atoms with Crippen LogP contribution in [0.4, 0.5) is 10.5 Å². The minimum absolute atomic E-state index is 0.316. The number of carbonyl (C=O) groups excluding carboxylic acids is 1. The first-order valence-corrected chi connectivity index (χ1v) is 9.27. The van der Waals surface area contributed by atoms with E-state index in [1.807, 2.05) is 42.5 Å². The van der Waals surface area contributed by atoms with Crippen molar-refractivity contribution in [3.8, 4) is 23.1 Å². The molecule has 0 bridgehead atoms. The minimum atomic E-state index is -0.486. The first-order valence-electron chi connectivity index (χ1n) is 9.27. The number of amides is 1. The van der Waals surface area contributed by atoms with Crippen molar-refractivity contribution in [1.29, 1.82) is 5.26 Å². The average Bonchev–Trinajstić information content (AvgIpc) is 3.01. The monoisotopic (exact) mass is 377 g/mol. The second kappa shape index (κ2) is 8.49. The molecule has 6 heteroatoms. The Labute approximate surface area is 164 Å². The first-order chi connectivity index (χ1) is 13.6. The van der Waals surface area contributed by atoms with E-state index in [4.69, 9.17) is 9.47 Å². The van der Waals surface area contributed by atoms with Gasteiger partial charge in [-0.15, -0.1) is 0 Å². The van der Waals surface area contributed by atoms with Crippen molar-refractivity contribution < 1.29 is 14.3 Å². The number of carbonyl (C=O) groups is 1. The summed E-state index contributed by atoms with van der Waals surface area (Å²) in [6.45, 7) is 4.96. The molecule has 0 radical (unpaired) electrons. The lowest BCUT2D eigenvalue weighted by atomic mass is 10.1. The molecule has 1 amide bonds. The molecule has 0 spiro atoms. The smallest absolute Gasteiger partial charge is 0.411 e. The topological polar surface area (TPSA) is 76.3 Å². The van der Waals surface area contributed by atoms with E-state index in [9.17, 15) is 10.1 Å². The summed E-state index contributed by atoms with van der Waals surface area (Å²) in [4.78, 5) is 11.6. The molecular formula is C22H23N3O3. The standard InChI is InChI=1S/C22H23N3O3/c1-4-12-25-20-13-17(27-3)10-11-18(20)19(14-23)21(25)15-6-8-16(9-7-15)24-22(26)28-5-2/h6-11,13H,4-5,12H2,1-3H3,(H,24,26). The number of nitrogens with one attached hydrogen (secondary N) is 1. The summed E-state index contributed by atoms with van der Waals surface area (Å²) in [7, 11) is 1.63. The third kappa shape index (κ3) is 3.65. The summed E-state index contributed by atoms with van der Waals surface area (Å²) in [5, 5.41) is 13.4. The Balaban J connectivity index is 2.10. The number of aromatic nitrogens is 1. The van der Waals surface area contributed by atoms with Crippen molar-refractivity contribution >= 4 is 22.7 Å². The Kier molecular flexibility index (Phi) is 5.85. The number of hydrogen-bond donors (Lipinski definition) is 1. The normalized spacial score (nSPS) is 10.5. The summed E-state index contributed by atoms with van der Waals surface area (Å²) < 4.78 is 12.4. The van der Waals surface area contributed by atoms with Gasteiger partial charge in [0.15, 0.2) is 0 Å². The fourth-order valence-electron chi connectivity index (χ4n) is 3.32. The van der Waals surface area contributed by atoms with Crippen molar-refractivity contribution in [2.75, 3.05) is 19.0 Å². The molecule has 0 atom stereocenters. The van der Waals surface area contributed by atoms with Gasteiger partial charge in [0.2, 0.25) is 0 Å². The number of methoxy groups -OCH3 is 1. The molecule has 0 saturated heterocycles. The Morgan fingerprint density at radius 1 is 1.18 bits per heavy atom. The van der Waals surface area contributed by atoms with Crippen molar-refractivity contribution in [3.63, 3.8) is 0 Å². The molecule has 0 unspecified atom stereocenters. The van der Waals surface area contributed by atoms with Gasteiger partial charge in [0.25, 0.3) is 0 Å². The van der Waals surface area contributed by atoms with Gasteiger partial charge in [0.05, 0.1) is 30.5 Å². The lowest BCUT2D eigenvalue weighted by Gasteiger charge is -2.11. The van der Waals surface area contributed by atoms with Crippen LogP contribution in [0.25, 0.3) is 22.2 Å². The summed E-state index contributed by atoms with van der Waals surface area (Å²) in [5.74, 6) is 0.757. The van der Waals surface area contributed by atoms with Gasteiger partial charge in [-0.25, -0.2) is 4.79 Å². The quantitative estimate of drug-likeness (QED) is 0.643.